The van der Waals surface area contributed by atoms with E-state index in [-0.39, 0.29) is 54.4 Å². The summed E-state index contributed by atoms with van der Waals surface area (Å²) < 4.78 is 105. The smallest absolute Gasteiger partial charge is 0.268 e. The number of nitrogens with zero attached hydrogens (tertiary/aromatic N) is 5. The first-order valence-corrected chi connectivity index (χ1v) is 25.1. The molecule has 15 rings (SSSR count). The van der Waals surface area contributed by atoms with Gasteiger partial charge in [0.25, 0.3) is 6.33 Å². The Hall–Kier alpha value is -9.09. The zero-order chi connectivity index (χ0) is 59.4. The molecule has 0 aliphatic carbocycles. The Kier molecular flexibility index (Phi) is 8.62. The Balaban J connectivity index is 0.00000667. The number of para-hydroxylation sites is 6. The molecule has 77 heavy (non-hydrogen) atoms. The number of hydrogen-bond acceptors (Lipinski definition) is 2. The number of fused-ring (bicyclic) bond motifs is 12. The molecule has 6 nitrogen and oxygen atoms in total. The molecule has 0 saturated carbocycles. The van der Waals surface area contributed by atoms with Crippen LogP contribution in [0.2, 0.25) is 0 Å². The quantitative estimate of drug-likeness (QED) is 0.123. The van der Waals surface area contributed by atoms with Crippen molar-refractivity contribution in [1.82, 2.24) is 18.4 Å². The fourth-order valence-electron chi connectivity index (χ4n) is 11.3. The van der Waals surface area contributed by atoms with Gasteiger partial charge >= 0.3 is 0 Å². The third-order valence-corrected chi connectivity index (χ3v) is 14.6. The van der Waals surface area contributed by atoms with Crippen LogP contribution in [-0.4, -0.2) is 18.4 Å². The van der Waals surface area contributed by atoms with Crippen molar-refractivity contribution in [2.75, 3.05) is 0 Å². The molecule has 10 aromatic carbocycles. The summed E-state index contributed by atoms with van der Waals surface area (Å²) in [6.07, 6.45) is 5.54. The number of imidazole rings is 1. The summed E-state index contributed by atoms with van der Waals surface area (Å²) in [6.45, 7) is 6.53. The molecule has 15 aromatic rings. The van der Waals surface area contributed by atoms with Crippen molar-refractivity contribution in [3.8, 4) is 45.3 Å². The number of benzene rings is 10. The van der Waals surface area contributed by atoms with Gasteiger partial charge < -0.3 is 18.1 Å². The van der Waals surface area contributed by atoms with E-state index in [1.807, 2.05) is 102 Å². The third kappa shape index (κ3) is 7.34. The van der Waals surface area contributed by atoms with Crippen LogP contribution in [0.1, 0.15) is 40.0 Å². The minimum absolute atomic E-state index is 0. The second-order valence-electron chi connectivity index (χ2n) is 20.0. The van der Waals surface area contributed by atoms with Crippen LogP contribution in [0.15, 0.2) is 230 Å². The van der Waals surface area contributed by atoms with Gasteiger partial charge in [-0.25, -0.2) is 4.98 Å². The summed E-state index contributed by atoms with van der Waals surface area (Å²) in [5.41, 5.74) is 7.19. The molecular weight excluding hydrogens is 1120 g/mol. The molecule has 0 saturated heterocycles. The van der Waals surface area contributed by atoms with Crippen molar-refractivity contribution >= 4 is 87.2 Å². The summed E-state index contributed by atoms with van der Waals surface area (Å²) in [5, 5.41) is 7.23. The molecule has 0 atom stereocenters. The Labute approximate surface area is 473 Å². The third-order valence-electron chi connectivity index (χ3n) is 14.6. The summed E-state index contributed by atoms with van der Waals surface area (Å²) in [5.74, 6) is 1.48. The van der Waals surface area contributed by atoms with Gasteiger partial charge in [-0.3, -0.25) is 4.57 Å². The number of hydrogen-bond donors (Lipinski definition) is 0. The Bertz CT molecular complexity index is 5390. The number of ether oxygens (including phenoxy) is 1. The Morgan fingerprint density at radius 1 is 0.506 bits per heavy atom. The van der Waals surface area contributed by atoms with E-state index < -0.39 is 60.4 Å². The maximum atomic E-state index is 9.38. The van der Waals surface area contributed by atoms with Crippen LogP contribution in [-0.2, 0) is 26.5 Å². The molecule has 0 spiro atoms. The Morgan fingerprint density at radius 2 is 1.01 bits per heavy atom. The summed E-state index contributed by atoms with van der Waals surface area (Å²) >= 11 is 0. The molecule has 0 bridgehead atoms. The average molecular weight is 1180 g/mol. The first-order chi connectivity index (χ1) is 41.5. The molecule has 5 aromatic heterocycles. The molecule has 0 unspecified atom stereocenters. The first-order valence-electron chi connectivity index (χ1n) is 30.1. The second-order valence-corrected chi connectivity index (χ2v) is 20.0. The predicted molar refractivity (Wildman–Crippen MR) is 311 cm³/mol. The zero-order valence-corrected chi connectivity index (χ0v) is 43.9. The van der Waals surface area contributed by atoms with Crippen LogP contribution in [0.3, 0.4) is 0 Å². The molecule has 5 heterocycles. The molecule has 0 radical (unpaired) electrons. The summed E-state index contributed by atoms with van der Waals surface area (Å²) in [7, 11) is 0. The standard InChI is InChI=1S/C70H47N5O.Pt/c1-70(2,3)47-39-40-71-66(41-47)74-60-31-13-10-24-53(60)56-38-36-49(43-65(56)74)76-48-35-37-55-52-23-11-14-32-61(52)75-62-33-15-12-25-54(62)57-28-17-29-58(68(57)75)59-30-18-34-63-69(59)73(64(55)42-48)44-72(63)67-50(45-19-6-4-7-20-45)26-16-27-51(67)46-21-8-5-9-22-46;/h4-41H,1-3H3;/q-2;/i4D,5D,6D,7D,8D,9D,19D,20D,21D,22D;. The molecule has 7 heteroatoms. The first kappa shape index (κ1) is 36.8. The monoisotopic (exact) mass is 1180 g/mol. The molecule has 0 amide bonds. The van der Waals surface area contributed by atoms with Gasteiger partial charge in [0.1, 0.15) is 5.82 Å². The van der Waals surface area contributed by atoms with E-state index in [4.69, 9.17) is 17.9 Å². The van der Waals surface area contributed by atoms with Crippen LogP contribution in [0, 0.1) is 18.5 Å². The maximum absolute atomic E-state index is 9.38. The SMILES string of the molecule is [2H]c1c([2H])c([2H])c(-c2cccc(-c3c([2H])c([2H])c([2H])c([2H])c3[2H])c2-[n+]2[c-]n3c4[c-]c(Oc5[c-]c6c(cc5)c5ccccc5n6-c5cc(C(C)(C)C)ccn5)ccc4c4ccccc4n4c5ccccc5c5cccc(c6cccc2c63)c54)c([2H])c1[2H].[Pt]. The molecule has 0 aliphatic rings. The summed E-state index contributed by atoms with van der Waals surface area (Å²) in [6, 6.07) is 55.5. The van der Waals surface area contributed by atoms with Crippen molar-refractivity contribution in [1.29, 1.82) is 0 Å². The van der Waals surface area contributed by atoms with Crippen molar-refractivity contribution in [3.05, 3.63) is 254 Å². The number of rotatable bonds is 6. The van der Waals surface area contributed by atoms with Gasteiger partial charge in [-0.2, -0.15) is 12.1 Å². The number of aromatic nitrogens is 5. The van der Waals surface area contributed by atoms with Crippen molar-refractivity contribution in [2.45, 2.75) is 26.2 Å². The normalized spacial score (nSPS) is 13.8. The van der Waals surface area contributed by atoms with E-state index in [9.17, 15) is 5.48 Å². The fraction of sp³-hybridized carbons (Fsp3) is 0.0571. The molecule has 0 aliphatic heterocycles. The van der Waals surface area contributed by atoms with Crippen LogP contribution < -0.4 is 9.30 Å². The van der Waals surface area contributed by atoms with Crippen LogP contribution in [0.25, 0.3) is 121 Å². The van der Waals surface area contributed by atoms with Gasteiger partial charge in [0.15, 0.2) is 0 Å². The van der Waals surface area contributed by atoms with E-state index in [2.05, 4.69) is 103 Å². The Morgan fingerprint density at radius 3 is 1.65 bits per heavy atom. The zero-order valence-electron chi connectivity index (χ0n) is 51.6. The van der Waals surface area contributed by atoms with Crippen molar-refractivity contribution in [3.63, 3.8) is 0 Å². The maximum Gasteiger partial charge on any atom is 0.268 e. The van der Waals surface area contributed by atoms with E-state index in [1.165, 1.54) is 0 Å². The van der Waals surface area contributed by atoms with E-state index in [1.54, 1.807) is 22.8 Å². The largest absolute Gasteiger partial charge is 0.510 e. The fourth-order valence-corrected chi connectivity index (χ4v) is 11.3. The minimum atomic E-state index is -0.585. The van der Waals surface area contributed by atoms with Crippen molar-refractivity contribution in [2.24, 2.45) is 0 Å². The van der Waals surface area contributed by atoms with Gasteiger partial charge in [-0.05, 0) is 79.9 Å². The second kappa shape index (κ2) is 18.0. The minimum Gasteiger partial charge on any atom is -0.510 e. The van der Waals surface area contributed by atoms with Gasteiger partial charge in [-0.15, -0.1) is 35.0 Å². The average Bonchev–Trinajstić information content (AvgIpc) is 1.63. The molecule has 0 fully saturated rings. The van der Waals surface area contributed by atoms with Crippen LogP contribution in [0.4, 0.5) is 0 Å². The van der Waals surface area contributed by atoms with E-state index in [0.29, 0.717) is 28.0 Å². The van der Waals surface area contributed by atoms with E-state index in [0.717, 1.165) is 82.1 Å². The predicted octanol–water partition coefficient (Wildman–Crippen LogP) is 17.1. The van der Waals surface area contributed by atoms with Crippen molar-refractivity contribution < 1.29 is 44.1 Å². The number of pyridine rings is 1. The summed E-state index contributed by atoms with van der Waals surface area (Å²) in [4.78, 5) is 4.89. The van der Waals surface area contributed by atoms with Gasteiger partial charge in [-0.1, -0.05) is 201 Å². The molecule has 370 valence electrons. The topological polar surface area (TPSA) is 39.8 Å². The molecule has 0 N–H and O–H groups in total. The van der Waals surface area contributed by atoms with Crippen LogP contribution in [0.5, 0.6) is 11.5 Å². The van der Waals surface area contributed by atoms with Gasteiger partial charge in [0.2, 0.25) is 0 Å². The van der Waals surface area contributed by atoms with E-state index >= 15 is 0 Å². The molecular formula is C70H47N5OPt-2. The van der Waals surface area contributed by atoms with Gasteiger partial charge in [0, 0.05) is 66.0 Å². The van der Waals surface area contributed by atoms with Gasteiger partial charge in [0.05, 0.1) is 41.5 Å². The van der Waals surface area contributed by atoms with Crippen LogP contribution >= 0.6 is 0 Å².